The highest BCUT2D eigenvalue weighted by molar-refractivity contribution is 5.88. The van der Waals surface area contributed by atoms with Crippen molar-refractivity contribution in [3.63, 3.8) is 0 Å². The minimum atomic E-state index is 0.673. The van der Waals surface area contributed by atoms with Crippen LogP contribution < -0.4 is 14.4 Å². The molecule has 0 amide bonds. The van der Waals surface area contributed by atoms with Crippen molar-refractivity contribution in [2.75, 3.05) is 32.3 Å². The monoisotopic (exact) mass is 308 g/mol. The molecule has 1 aliphatic heterocycles. The number of ether oxygens (including phenoxy) is 2. The molecule has 0 unspecified atom stereocenters. The van der Waals surface area contributed by atoms with Gasteiger partial charge in [0.05, 0.1) is 14.2 Å². The zero-order valence-corrected chi connectivity index (χ0v) is 13.4. The third kappa shape index (κ3) is 3.72. The zero-order valence-electron chi connectivity index (χ0n) is 13.4. The van der Waals surface area contributed by atoms with Gasteiger partial charge in [0.15, 0.2) is 0 Å². The average molecular weight is 308 g/mol. The summed E-state index contributed by atoms with van der Waals surface area (Å²) in [5.41, 5.74) is 3.46. The van der Waals surface area contributed by atoms with E-state index in [2.05, 4.69) is 28.1 Å². The maximum absolute atomic E-state index is 5.21. The highest BCUT2D eigenvalue weighted by Gasteiger charge is 2.11. The van der Waals surface area contributed by atoms with Gasteiger partial charge in [0.1, 0.15) is 18.2 Å². The van der Waals surface area contributed by atoms with E-state index >= 15 is 0 Å². The second-order valence-corrected chi connectivity index (χ2v) is 5.34. The Hall–Kier alpha value is -2.75. The Bertz CT molecular complexity index is 703. The summed E-state index contributed by atoms with van der Waals surface area (Å²) < 4.78 is 10.4. The van der Waals surface area contributed by atoms with Gasteiger partial charge >= 0.3 is 0 Å². The van der Waals surface area contributed by atoms with Crippen LogP contribution in [0.3, 0.4) is 0 Å². The van der Waals surface area contributed by atoms with Gasteiger partial charge in [-0.2, -0.15) is 0 Å². The maximum atomic E-state index is 5.21. The van der Waals surface area contributed by atoms with E-state index in [9.17, 15) is 0 Å². The Morgan fingerprint density at radius 2 is 1.52 bits per heavy atom. The average Bonchev–Trinajstić information content (AvgIpc) is 2.63. The molecule has 0 radical (unpaired) electrons. The smallest absolute Gasteiger partial charge is 0.119 e. The normalized spacial score (nSPS) is 15.7. The van der Waals surface area contributed by atoms with Gasteiger partial charge in [0, 0.05) is 18.4 Å². The first-order valence-electron chi connectivity index (χ1n) is 7.52. The van der Waals surface area contributed by atoms with Crippen molar-refractivity contribution in [3.8, 4) is 11.5 Å². The van der Waals surface area contributed by atoms with E-state index in [1.54, 1.807) is 14.2 Å². The van der Waals surface area contributed by atoms with Crippen molar-refractivity contribution in [3.05, 3.63) is 59.7 Å². The molecule has 1 aliphatic rings. The third-order valence-corrected chi connectivity index (χ3v) is 3.79. The standard InChI is InChI=1S/C19H20N2O2/c1-22-18-7-3-15(4-8-18)11-16-12-20-14-21(13-16)17-5-9-19(23-2)10-6-17/h3-12H,13-14H2,1-2H3/b16-11+. The fraction of sp³-hybridized carbons (Fsp3) is 0.211. The number of hydrogen-bond donors (Lipinski definition) is 0. The first-order chi connectivity index (χ1) is 11.3. The van der Waals surface area contributed by atoms with Crippen LogP contribution in [0, 0.1) is 0 Å². The molecule has 2 aromatic rings. The molecule has 0 saturated heterocycles. The number of aliphatic imine (C=N–C) groups is 1. The molecule has 3 rings (SSSR count). The van der Waals surface area contributed by atoms with Crippen molar-refractivity contribution < 1.29 is 9.47 Å². The summed E-state index contributed by atoms with van der Waals surface area (Å²) in [7, 11) is 3.35. The predicted octanol–water partition coefficient (Wildman–Crippen LogP) is 3.64. The van der Waals surface area contributed by atoms with Crippen LogP contribution in [0.2, 0.25) is 0 Å². The van der Waals surface area contributed by atoms with Gasteiger partial charge in [-0.3, -0.25) is 4.99 Å². The molecule has 2 aromatic carbocycles. The molecule has 4 heteroatoms. The summed E-state index contributed by atoms with van der Waals surface area (Å²) in [6.07, 6.45) is 4.10. The SMILES string of the molecule is COc1ccc(/C=C2\C=NCN(c3ccc(OC)cc3)C2)cc1. The molecule has 0 aromatic heterocycles. The molecule has 0 fully saturated rings. The summed E-state index contributed by atoms with van der Waals surface area (Å²) in [6.45, 7) is 1.51. The lowest BCUT2D eigenvalue weighted by atomic mass is 10.1. The molecule has 0 N–H and O–H groups in total. The molecular formula is C19H20N2O2. The van der Waals surface area contributed by atoms with E-state index < -0.39 is 0 Å². The maximum Gasteiger partial charge on any atom is 0.119 e. The molecule has 23 heavy (non-hydrogen) atoms. The lowest BCUT2D eigenvalue weighted by Crippen LogP contribution is -2.29. The van der Waals surface area contributed by atoms with Gasteiger partial charge in [-0.25, -0.2) is 0 Å². The first kappa shape index (κ1) is 15.2. The second kappa shape index (κ2) is 7.01. The van der Waals surface area contributed by atoms with Gasteiger partial charge in [0.25, 0.3) is 0 Å². The lowest BCUT2D eigenvalue weighted by molar-refractivity contribution is 0.414. The molecule has 0 bridgehead atoms. The molecule has 1 heterocycles. The molecule has 4 nitrogen and oxygen atoms in total. The van der Waals surface area contributed by atoms with E-state index in [4.69, 9.17) is 9.47 Å². The van der Waals surface area contributed by atoms with Crippen molar-refractivity contribution in [1.82, 2.24) is 0 Å². The fourth-order valence-electron chi connectivity index (χ4n) is 2.53. The van der Waals surface area contributed by atoms with Crippen LogP contribution in [0.5, 0.6) is 11.5 Å². The van der Waals surface area contributed by atoms with Crippen molar-refractivity contribution in [1.29, 1.82) is 0 Å². The Morgan fingerprint density at radius 3 is 2.13 bits per heavy atom. The summed E-state index contributed by atoms with van der Waals surface area (Å²) >= 11 is 0. The molecule has 0 aliphatic carbocycles. The Labute approximate surface area is 136 Å². The second-order valence-electron chi connectivity index (χ2n) is 5.34. The van der Waals surface area contributed by atoms with Crippen LogP contribution in [0.4, 0.5) is 5.69 Å². The highest BCUT2D eigenvalue weighted by Crippen LogP contribution is 2.22. The first-order valence-corrected chi connectivity index (χ1v) is 7.52. The van der Waals surface area contributed by atoms with Crippen LogP contribution in [0.25, 0.3) is 6.08 Å². The van der Waals surface area contributed by atoms with Crippen molar-refractivity contribution >= 4 is 18.0 Å². The molecule has 118 valence electrons. The number of nitrogens with zero attached hydrogens (tertiary/aromatic N) is 2. The zero-order chi connectivity index (χ0) is 16.1. The Kier molecular flexibility index (Phi) is 4.62. The molecule has 0 spiro atoms. The van der Waals surface area contributed by atoms with Crippen LogP contribution in [-0.2, 0) is 0 Å². The van der Waals surface area contributed by atoms with Crippen molar-refractivity contribution in [2.45, 2.75) is 0 Å². The van der Waals surface area contributed by atoms with Gasteiger partial charge < -0.3 is 14.4 Å². The minimum absolute atomic E-state index is 0.673. The van der Waals surface area contributed by atoms with E-state index in [1.807, 2.05) is 42.6 Å². The Balaban J connectivity index is 1.75. The number of rotatable bonds is 4. The number of methoxy groups -OCH3 is 2. The Morgan fingerprint density at radius 1 is 0.913 bits per heavy atom. The third-order valence-electron chi connectivity index (χ3n) is 3.79. The predicted molar refractivity (Wildman–Crippen MR) is 94.7 cm³/mol. The van der Waals surface area contributed by atoms with E-state index in [0.717, 1.165) is 29.3 Å². The number of hydrogen-bond acceptors (Lipinski definition) is 4. The van der Waals surface area contributed by atoms with E-state index in [-0.39, 0.29) is 0 Å². The number of benzene rings is 2. The van der Waals surface area contributed by atoms with Crippen LogP contribution in [0.1, 0.15) is 5.56 Å². The minimum Gasteiger partial charge on any atom is -0.497 e. The summed E-state index contributed by atoms with van der Waals surface area (Å²) in [5, 5.41) is 0. The van der Waals surface area contributed by atoms with Gasteiger partial charge in [-0.1, -0.05) is 12.1 Å². The molecule has 0 saturated carbocycles. The number of anilines is 1. The largest absolute Gasteiger partial charge is 0.497 e. The van der Waals surface area contributed by atoms with Crippen LogP contribution in [-0.4, -0.2) is 33.6 Å². The van der Waals surface area contributed by atoms with Crippen LogP contribution in [0.15, 0.2) is 59.1 Å². The van der Waals surface area contributed by atoms with Crippen molar-refractivity contribution in [2.24, 2.45) is 4.99 Å². The summed E-state index contributed by atoms with van der Waals surface area (Å²) in [5.74, 6) is 1.73. The van der Waals surface area contributed by atoms with Crippen LogP contribution >= 0.6 is 0 Å². The summed E-state index contributed by atoms with van der Waals surface area (Å²) in [6, 6.07) is 16.1. The molecular weight excluding hydrogens is 288 g/mol. The lowest BCUT2D eigenvalue weighted by Gasteiger charge is -2.26. The van der Waals surface area contributed by atoms with Gasteiger partial charge in [-0.15, -0.1) is 0 Å². The summed E-state index contributed by atoms with van der Waals surface area (Å²) in [4.78, 5) is 6.70. The quantitative estimate of drug-likeness (QED) is 0.865. The van der Waals surface area contributed by atoms with E-state index in [1.165, 1.54) is 5.57 Å². The molecule has 0 atom stereocenters. The van der Waals surface area contributed by atoms with E-state index in [0.29, 0.717) is 6.67 Å². The van der Waals surface area contributed by atoms with Gasteiger partial charge in [-0.05, 0) is 53.6 Å². The fourth-order valence-corrected chi connectivity index (χ4v) is 2.53. The highest BCUT2D eigenvalue weighted by atomic mass is 16.5. The van der Waals surface area contributed by atoms with Gasteiger partial charge in [0.2, 0.25) is 0 Å². The topological polar surface area (TPSA) is 34.1 Å².